The predicted molar refractivity (Wildman–Crippen MR) is 95.8 cm³/mol. The van der Waals surface area contributed by atoms with Gasteiger partial charge in [0.05, 0.1) is 5.75 Å². The second-order valence-electron chi connectivity index (χ2n) is 5.76. The fourth-order valence-corrected chi connectivity index (χ4v) is 5.51. The highest BCUT2D eigenvalue weighted by Gasteiger charge is 2.22. The summed E-state index contributed by atoms with van der Waals surface area (Å²) < 4.78 is 1.91. The van der Waals surface area contributed by atoms with Gasteiger partial charge in [0.1, 0.15) is 0 Å². The molecule has 0 spiro atoms. The van der Waals surface area contributed by atoms with Crippen LogP contribution in [0, 0.1) is 5.92 Å². The van der Waals surface area contributed by atoms with E-state index in [1.807, 2.05) is 0 Å². The average molecular weight is 360 g/mol. The number of unbranched alkanes of at least 4 members (excludes halogenated alkanes) is 1. The van der Waals surface area contributed by atoms with E-state index in [-0.39, 0.29) is 5.91 Å². The Kier molecular flexibility index (Phi) is 8.03. The van der Waals surface area contributed by atoms with Gasteiger partial charge in [-0.2, -0.15) is 0 Å². The van der Waals surface area contributed by atoms with Crippen LogP contribution in [0.3, 0.4) is 0 Å². The lowest BCUT2D eigenvalue weighted by molar-refractivity contribution is -0.119. The summed E-state index contributed by atoms with van der Waals surface area (Å²) in [5, 5.41) is 11.5. The maximum Gasteiger partial charge on any atom is 0.230 e. The minimum Gasteiger partial charge on any atom is -0.352 e. The number of aromatic nitrogens is 2. The Morgan fingerprint density at radius 3 is 2.73 bits per heavy atom. The fraction of sp³-hybridized carbons (Fsp3) is 0.800. The molecule has 0 aromatic carbocycles. The van der Waals surface area contributed by atoms with Crippen LogP contribution in [0.25, 0.3) is 0 Å². The number of hydrogen-bond donors (Lipinski definition) is 1. The smallest absolute Gasteiger partial charge is 0.230 e. The largest absolute Gasteiger partial charge is 0.352 e. The maximum atomic E-state index is 12.1. The molecule has 1 amide bonds. The number of amides is 1. The van der Waals surface area contributed by atoms with Gasteiger partial charge in [-0.1, -0.05) is 68.0 Å². The van der Waals surface area contributed by atoms with Crippen LogP contribution in [0.5, 0.6) is 0 Å². The molecular weight excluding hydrogens is 334 g/mol. The van der Waals surface area contributed by atoms with E-state index in [0.717, 1.165) is 20.9 Å². The normalized spacial score (nSPS) is 21.7. The van der Waals surface area contributed by atoms with E-state index in [2.05, 4.69) is 29.4 Å². The molecule has 1 aromatic heterocycles. The van der Waals surface area contributed by atoms with Gasteiger partial charge < -0.3 is 5.32 Å². The van der Waals surface area contributed by atoms with Crippen molar-refractivity contribution in [2.24, 2.45) is 5.92 Å². The summed E-state index contributed by atoms with van der Waals surface area (Å²) in [4.78, 5) is 12.1. The topological polar surface area (TPSA) is 54.9 Å². The first-order valence-corrected chi connectivity index (χ1v) is 10.9. The van der Waals surface area contributed by atoms with Gasteiger partial charge in [-0.15, -0.1) is 10.2 Å². The molecule has 0 radical (unpaired) electrons. The van der Waals surface area contributed by atoms with E-state index in [1.54, 1.807) is 23.1 Å². The van der Waals surface area contributed by atoms with Gasteiger partial charge >= 0.3 is 0 Å². The van der Waals surface area contributed by atoms with Gasteiger partial charge in [-0.05, 0) is 25.2 Å². The zero-order valence-electron chi connectivity index (χ0n) is 13.3. The molecule has 0 aliphatic heterocycles. The average Bonchev–Trinajstić information content (AvgIpc) is 2.96. The molecule has 2 atom stereocenters. The Balaban J connectivity index is 1.69. The van der Waals surface area contributed by atoms with Crippen molar-refractivity contribution in [3.8, 4) is 0 Å². The summed E-state index contributed by atoms with van der Waals surface area (Å²) in [6, 6.07) is 0.358. The lowest BCUT2D eigenvalue weighted by Crippen LogP contribution is -2.41. The molecule has 4 nitrogen and oxygen atoms in total. The van der Waals surface area contributed by atoms with Gasteiger partial charge in [0.15, 0.2) is 8.68 Å². The van der Waals surface area contributed by atoms with Crippen LogP contribution in [0.4, 0.5) is 0 Å². The standard InChI is InChI=1S/C15H25N3OS3/c1-3-4-9-20-14-17-18-15(22-14)21-10-13(19)16-12-8-6-5-7-11(12)2/h11-12H,3-10H2,1-2H3,(H,16,19)/t11-,12+/m1/s1. The molecule has 2 rings (SSSR count). The van der Waals surface area contributed by atoms with Gasteiger partial charge in [0, 0.05) is 11.8 Å². The molecule has 0 unspecified atom stereocenters. The number of nitrogens with one attached hydrogen (secondary N) is 1. The summed E-state index contributed by atoms with van der Waals surface area (Å²) in [6.07, 6.45) is 7.28. The number of hydrogen-bond acceptors (Lipinski definition) is 6. The van der Waals surface area contributed by atoms with Crippen molar-refractivity contribution >= 4 is 40.8 Å². The summed E-state index contributed by atoms with van der Waals surface area (Å²) in [5.41, 5.74) is 0. The van der Waals surface area contributed by atoms with Crippen molar-refractivity contribution in [2.45, 2.75) is 67.1 Å². The van der Waals surface area contributed by atoms with Crippen LogP contribution in [0.15, 0.2) is 8.68 Å². The van der Waals surface area contributed by atoms with E-state index in [0.29, 0.717) is 17.7 Å². The third-order valence-electron chi connectivity index (χ3n) is 3.90. The van der Waals surface area contributed by atoms with Crippen LogP contribution in [0.2, 0.25) is 0 Å². The molecule has 1 heterocycles. The fourth-order valence-electron chi connectivity index (χ4n) is 2.52. The second kappa shape index (κ2) is 9.78. The monoisotopic (exact) mass is 359 g/mol. The molecule has 0 saturated heterocycles. The van der Waals surface area contributed by atoms with E-state index in [1.165, 1.54) is 43.9 Å². The Hall–Kier alpha value is -0.270. The maximum absolute atomic E-state index is 12.1. The first-order valence-electron chi connectivity index (χ1n) is 8.07. The third kappa shape index (κ3) is 6.08. The lowest BCUT2D eigenvalue weighted by atomic mass is 9.86. The first kappa shape index (κ1) is 18.1. The predicted octanol–water partition coefficient (Wildman–Crippen LogP) is 4.22. The highest BCUT2D eigenvalue weighted by atomic mass is 32.2. The molecule has 0 bridgehead atoms. The number of rotatable bonds is 8. The molecule has 1 fully saturated rings. The van der Waals surface area contributed by atoms with Crippen LogP contribution in [-0.4, -0.2) is 33.7 Å². The molecule has 1 N–H and O–H groups in total. The van der Waals surface area contributed by atoms with E-state index in [4.69, 9.17) is 0 Å². The van der Waals surface area contributed by atoms with E-state index in [9.17, 15) is 4.79 Å². The Bertz CT molecular complexity index is 467. The summed E-state index contributed by atoms with van der Waals surface area (Å²) in [5.74, 6) is 2.26. The van der Waals surface area contributed by atoms with Crippen molar-refractivity contribution in [1.29, 1.82) is 0 Å². The number of nitrogens with zero attached hydrogens (tertiary/aromatic N) is 2. The molecule has 1 aromatic rings. The second-order valence-corrected chi connectivity index (χ2v) is 9.30. The molecule has 22 heavy (non-hydrogen) atoms. The van der Waals surface area contributed by atoms with Crippen molar-refractivity contribution in [3.63, 3.8) is 0 Å². The van der Waals surface area contributed by atoms with Gasteiger partial charge in [0.25, 0.3) is 0 Å². The third-order valence-corrected chi connectivity index (χ3v) is 7.17. The van der Waals surface area contributed by atoms with E-state index < -0.39 is 0 Å². The molecule has 1 saturated carbocycles. The zero-order chi connectivity index (χ0) is 15.8. The Labute approximate surface area is 145 Å². The SMILES string of the molecule is CCCCSc1nnc(SCC(=O)N[C@H]2CCCC[C@H]2C)s1. The van der Waals surface area contributed by atoms with Crippen molar-refractivity contribution in [3.05, 3.63) is 0 Å². The summed E-state index contributed by atoms with van der Waals surface area (Å²) in [6.45, 7) is 4.43. The van der Waals surface area contributed by atoms with Crippen molar-refractivity contribution in [1.82, 2.24) is 15.5 Å². The zero-order valence-corrected chi connectivity index (χ0v) is 15.8. The van der Waals surface area contributed by atoms with Crippen molar-refractivity contribution in [2.75, 3.05) is 11.5 Å². The van der Waals surface area contributed by atoms with Crippen molar-refractivity contribution < 1.29 is 4.79 Å². The quantitative estimate of drug-likeness (QED) is 0.556. The molecule has 1 aliphatic rings. The van der Waals surface area contributed by atoms with Gasteiger partial charge in [-0.3, -0.25) is 4.79 Å². The number of thioether (sulfide) groups is 2. The van der Waals surface area contributed by atoms with Crippen LogP contribution < -0.4 is 5.32 Å². The molecular formula is C15H25N3OS3. The number of carbonyl (C=O) groups excluding carboxylic acids is 1. The van der Waals surface area contributed by atoms with Crippen LogP contribution in [-0.2, 0) is 4.79 Å². The van der Waals surface area contributed by atoms with Gasteiger partial charge in [0.2, 0.25) is 5.91 Å². The summed E-state index contributed by atoms with van der Waals surface area (Å²) >= 11 is 4.85. The highest BCUT2D eigenvalue weighted by molar-refractivity contribution is 8.03. The van der Waals surface area contributed by atoms with Crippen LogP contribution in [0.1, 0.15) is 52.4 Å². The first-order chi connectivity index (χ1) is 10.7. The van der Waals surface area contributed by atoms with Crippen LogP contribution >= 0.6 is 34.9 Å². The molecule has 7 heteroatoms. The van der Waals surface area contributed by atoms with E-state index >= 15 is 0 Å². The Morgan fingerprint density at radius 2 is 2.00 bits per heavy atom. The summed E-state index contributed by atoms with van der Waals surface area (Å²) in [7, 11) is 0. The molecule has 124 valence electrons. The minimum absolute atomic E-state index is 0.124. The molecule has 1 aliphatic carbocycles. The lowest BCUT2D eigenvalue weighted by Gasteiger charge is -2.29. The highest BCUT2D eigenvalue weighted by Crippen LogP contribution is 2.29. The minimum atomic E-state index is 0.124. The number of carbonyl (C=O) groups is 1. The Morgan fingerprint density at radius 1 is 1.27 bits per heavy atom. The van der Waals surface area contributed by atoms with Gasteiger partial charge in [-0.25, -0.2) is 0 Å².